The summed E-state index contributed by atoms with van der Waals surface area (Å²) in [6, 6.07) is 11.7. The molecule has 1 heterocycles. The summed E-state index contributed by atoms with van der Waals surface area (Å²) < 4.78 is 0.774. The van der Waals surface area contributed by atoms with Gasteiger partial charge in [0.2, 0.25) is 0 Å². The van der Waals surface area contributed by atoms with Crippen molar-refractivity contribution in [3.8, 4) is 0 Å². The number of halogens is 2. The standard InChI is InChI=1S/C12H12Cl2N2S/c13-9-3-1-8(2-4-9)7-10(16-15)11-5-6-12(14)17-11/h1-6,10,16H,7,15H2. The van der Waals surface area contributed by atoms with Crippen LogP contribution >= 0.6 is 34.5 Å². The summed E-state index contributed by atoms with van der Waals surface area (Å²) in [4.78, 5) is 1.13. The topological polar surface area (TPSA) is 38.0 Å². The van der Waals surface area contributed by atoms with E-state index in [-0.39, 0.29) is 6.04 Å². The summed E-state index contributed by atoms with van der Waals surface area (Å²) in [7, 11) is 0. The smallest absolute Gasteiger partial charge is 0.0931 e. The number of hydrazine groups is 1. The van der Waals surface area contributed by atoms with E-state index in [9.17, 15) is 0 Å². The highest BCUT2D eigenvalue weighted by atomic mass is 35.5. The lowest BCUT2D eigenvalue weighted by Crippen LogP contribution is -2.28. The van der Waals surface area contributed by atoms with Crippen molar-refractivity contribution in [3.05, 3.63) is 56.2 Å². The molecule has 17 heavy (non-hydrogen) atoms. The molecule has 2 rings (SSSR count). The largest absolute Gasteiger partial charge is 0.271 e. The molecule has 1 aromatic carbocycles. The van der Waals surface area contributed by atoms with Crippen LogP contribution in [0.4, 0.5) is 0 Å². The number of benzene rings is 1. The van der Waals surface area contributed by atoms with E-state index in [1.807, 2.05) is 36.4 Å². The molecule has 0 saturated carbocycles. The lowest BCUT2D eigenvalue weighted by Gasteiger charge is -2.14. The Morgan fingerprint density at radius 3 is 2.35 bits per heavy atom. The summed E-state index contributed by atoms with van der Waals surface area (Å²) in [6.45, 7) is 0. The zero-order valence-electron chi connectivity index (χ0n) is 8.99. The molecule has 1 unspecified atom stereocenters. The molecule has 0 aliphatic heterocycles. The van der Waals surface area contributed by atoms with Crippen molar-refractivity contribution in [2.75, 3.05) is 0 Å². The SMILES string of the molecule is NNC(Cc1ccc(Cl)cc1)c1ccc(Cl)s1. The number of rotatable bonds is 4. The molecule has 2 aromatic rings. The Morgan fingerprint density at radius 1 is 1.12 bits per heavy atom. The minimum Gasteiger partial charge on any atom is -0.271 e. The second-order valence-corrected chi connectivity index (χ2v) is 5.87. The first-order valence-electron chi connectivity index (χ1n) is 5.15. The number of thiophene rings is 1. The van der Waals surface area contributed by atoms with Crippen molar-refractivity contribution in [3.63, 3.8) is 0 Å². The molecular weight excluding hydrogens is 275 g/mol. The molecule has 0 bridgehead atoms. The highest BCUT2D eigenvalue weighted by Gasteiger charge is 2.12. The Morgan fingerprint density at radius 2 is 1.82 bits per heavy atom. The number of nitrogens with two attached hydrogens (primary N) is 1. The van der Waals surface area contributed by atoms with Gasteiger partial charge < -0.3 is 0 Å². The first kappa shape index (κ1) is 12.9. The van der Waals surface area contributed by atoms with Crippen LogP contribution in [-0.2, 0) is 6.42 Å². The van der Waals surface area contributed by atoms with E-state index in [0.29, 0.717) is 0 Å². The number of hydrogen-bond donors (Lipinski definition) is 2. The van der Waals surface area contributed by atoms with Gasteiger partial charge in [-0.15, -0.1) is 11.3 Å². The summed E-state index contributed by atoms with van der Waals surface area (Å²) >= 11 is 13.3. The summed E-state index contributed by atoms with van der Waals surface area (Å²) in [6.07, 6.45) is 0.810. The van der Waals surface area contributed by atoms with Crippen LogP contribution in [0.15, 0.2) is 36.4 Å². The number of hydrogen-bond acceptors (Lipinski definition) is 3. The molecule has 2 nitrogen and oxygen atoms in total. The van der Waals surface area contributed by atoms with E-state index < -0.39 is 0 Å². The predicted octanol–water partition coefficient (Wildman–Crippen LogP) is 3.80. The average molecular weight is 287 g/mol. The molecule has 90 valence electrons. The highest BCUT2D eigenvalue weighted by molar-refractivity contribution is 7.16. The van der Waals surface area contributed by atoms with Crippen LogP contribution in [0, 0.1) is 0 Å². The fraction of sp³-hybridized carbons (Fsp3) is 0.167. The third-order valence-electron chi connectivity index (χ3n) is 2.49. The molecular formula is C12H12Cl2N2S. The molecule has 0 radical (unpaired) electrons. The van der Waals surface area contributed by atoms with Crippen molar-refractivity contribution in [1.82, 2.24) is 5.43 Å². The molecule has 5 heteroatoms. The van der Waals surface area contributed by atoms with Crippen LogP contribution in [0.2, 0.25) is 9.36 Å². The van der Waals surface area contributed by atoms with E-state index in [1.54, 1.807) is 0 Å². The van der Waals surface area contributed by atoms with E-state index in [0.717, 1.165) is 20.7 Å². The van der Waals surface area contributed by atoms with Gasteiger partial charge in [0, 0.05) is 9.90 Å². The lowest BCUT2D eigenvalue weighted by atomic mass is 10.1. The van der Waals surface area contributed by atoms with Crippen molar-refractivity contribution >= 4 is 34.5 Å². The maximum absolute atomic E-state index is 5.92. The average Bonchev–Trinajstić information content (AvgIpc) is 2.75. The Bertz CT molecular complexity index is 482. The van der Waals surface area contributed by atoms with Gasteiger partial charge in [0.1, 0.15) is 0 Å². The van der Waals surface area contributed by atoms with E-state index in [4.69, 9.17) is 29.0 Å². The predicted molar refractivity (Wildman–Crippen MR) is 74.5 cm³/mol. The summed E-state index contributed by atoms with van der Waals surface area (Å²) in [5.41, 5.74) is 4.00. The van der Waals surface area contributed by atoms with E-state index >= 15 is 0 Å². The maximum Gasteiger partial charge on any atom is 0.0931 e. The zero-order chi connectivity index (χ0) is 12.3. The van der Waals surface area contributed by atoms with Gasteiger partial charge in [-0.2, -0.15) is 0 Å². The van der Waals surface area contributed by atoms with Crippen LogP contribution in [0.5, 0.6) is 0 Å². The Labute approximate surface area is 114 Å². The normalized spacial score (nSPS) is 12.6. The second kappa shape index (κ2) is 5.85. The van der Waals surface area contributed by atoms with Crippen molar-refractivity contribution in [2.24, 2.45) is 5.84 Å². The van der Waals surface area contributed by atoms with Gasteiger partial charge in [-0.1, -0.05) is 35.3 Å². The van der Waals surface area contributed by atoms with Gasteiger partial charge in [-0.05, 0) is 36.2 Å². The molecule has 0 amide bonds. The molecule has 1 atom stereocenters. The fourth-order valence-corrected chi connectivity index (χ4v) is 2.86. The van der Waals surface area contributed by atoms with Crippen molar-refractivity contribution < 1.29 is 0 Å². The first-order chi connectivity index (χ1) is 8.19. The molecule has 0 spiro atoms. The van der Waals surface area contributed by atoms with Gasteiger partial charge in [-0.25, -0.2) is 0 Å². The molecule has 1 aromatic heterocycles. The zero-order valence-corrected chi connectivity index (χ0v) is 11.3. The quantitative estimate of drug-likeness (QED) is 0.663. The third kappa shape index (κ3) is 3.44. The van der Waals surface area contributed by atoms with Crippen molar-refractivity contribution in [1.29, 1.82) is 0 Å². The number of nitrogens with one attached hydrogen (secondary N) is 1. The lowest BCUT2D eigenvalue weighted by molar-refractivity contribution is 0.560. The van der Waals surface area contributed by atoms with Gasteiger partial charge in [0.15, 0.2) is 0 Å². The van der Waals surface area contributed by atoms with Crippen LogP contribution in [-0.4, -0.2) is 0 Å². The molecule has 0 saturated heterocycles. The fourth-order valence-electron chi connectivity index (χ4n) is 1.61. The van der Waals surface area contributed by atoms with Gasteiger partial charge in [-0.3, -0.25) is 11.3 Å². The Balaban J connectivity index is 2.12. The Kier molecular flexibility index (Phi) is 4.42. The van der Waals surface area contributed by atoms with Crippen LogP contribution in [0.3, 0.4) is 0 Å². The van der Waals surface area contributed by atoms with Crippen LogP contribution in [0.1, 0.15) is 16.5 Å². The van der Waals surface area contributed by atoms with Gasteiger partial charge >= 0.3 is 0 Å². The van der Waals surface area contributed by atoms with E-state index in [2.05, 4.69) is 5.43 Å². The van der Waals surface area contributed by atoms with Gasteiger partial charge in [0.25, 0.3) is 0 Å². The highest BCUT2D eigenvalue weighted by Crippen LogP contribution is 2.28. The van der Waals surface area contributed by atoms with Gasteiger partial charge in [0.05, 0.1) is 10.4 Å². The molecule has 0 aliphatic carbocycles. The minimum absolute atomic E-state index is 0.0775. The molecule has 0 fully saturated rings. The van der Waals surface area contributed by atoms with E-state index in [1.165, 1.54) is 16.9 Å². The molecule has 0 aliphatic rings. The van der Waals surface area contributed by atoms with Crippen LogP contribution < -0.4 is 11.3 Å². The first-order valence-corrected chi connectivity index (χ1v) is 6.72. The van der Waals surface area contributed by atoms with Crippen LogP contribution in [0.25, 0.3) is 0 Å². The van der Waals surface area contributed by atoms with Crippen molar-refractivity contribution in [2.45, 2.75) is 12.5 Å². The molecule has 3 N–H and O–H groups in total. The monoisotopic (exact) mass is 286 g/mol. The maximum atomic E-state index is 5.92. The summed E-state index contributed by atoms with van der Waals surface area (Å²) in [5.74, 6) is 5.58. The second-order valence-electron chi connectivity index (χ2n) is 3.69. The summed E-state index contributed by atoms with van der Waals surface area (Å²) in [5, 5.41) is 0.741. The minimum atomic E-state index is 0.0775. The Hall–Kier alpha value is -0.580. The third-order valence-corrected chi connectivity index (χ3v) is 4.09.